The highest BCUT2D eigenvalue weighted by molar-refractivity contribution is 7.17. The van der Waals surface area contributed by atoms with Gasteiger partial charge in [0.05, 0.1) is 12.2 Å². The highest BCUT2D eigenvalue weighted by atomic mass is 32.1. The molecule has 1 aliphatic rings. The lowest BCUT2D eigenvalue weighted by Crippen LogP contribution is -2.16. The van der Waals surface area contributed by atoms with Crippen molar-refractivity contribution in [1.29, 1.82) is 5.26 Å². The topological polar surface area (TPSA) is 95.0 Å². The van der Waals surface area contributed by atoms with Crippen molar-refractivity contribution in [1.82, 2.24) is 4.98 Å². The van der Waals surface area contributed by atoms with Crippen molar-refractivity contribution in [2.75, 3.05) is 11.9 Å². The molecular weight excluding hydrogens is 398 g/mol. The second kappa shape index (κ2) is 8.56. The van der Waals surface area contributed by atoms with Crippen molar-refractivity contribution in [2.24, 2.45) is 0 Å². The minimum Gasteiger partial charge on any atom is -0.462 e. The molecule has 0 radical (unpaired) electrons. The van der Waals surface area contributed by atoms with Crippen LogP contribution in [0.1, 0.15) is 46.1 Å². The van der Waals surface area contributed by atoms with Crippen LogP contribution in [0.4, 0.5) is 5.00 Å². The smallest absolute Gasteiger partial charge is 0.341 e. The fourth-order valence-corrected chi connectivity index (χ4v) is 5.03. The van der Waals surface area contributed by atoms with Crippen LogP contribution < -0.4 is 5.32 Å². The number of anilines is 1. The summed E-state index contributed by atoms with van der Waals surface area (Å²) >= 11 is 1.41. The van der Waals surface area contributed by atoms with Crippen LogP contribution in [0.2, 0.25) is 0 Å². The van der Waals surface area contributed by atoms with Crippen LogP contribution in [0.25, 0.3) is 17.0 Å². The van der Waals surface area contributed by atoms with E-state index in [-0.39, 0.29) is 12.2 Å². The number of para-hydroxylation sites is 1. The van der Waals surface area contributed by atoms with Crippen LogP contribution in [-0.4, -0.2) is 23.5 Å². The van der Waals surface area contributed by atoms with Crippen molar-refractivity contribution in [3.8, 4) is 6.07 Å². The maximum Gasteiger partial charge on any atom is 0.341 e. The van der Waals surface area contributed by atoms with Crippen molar-refractivity contribution in [3.05, 3.63) is 57.6 Å². The Hall–Kier alpha value is -3.37. The van der Waals surface area contributed by atoms with Gasteiger partial charge in [-0.25, -0.2) is 4.79 Å². The number of aromatic amines is 1. The van der Waals surface area contributed by atoms with E-state index < -0.39 is 11.9 Å². The van der Waals surface area contributed by atoms with E-state index >= 15 is 0 Å². The minimum absolute atomic E-state index is 0.0269. The van der Waals surface area contributed by atoms with Gasteiger partial charge in [0.25, 0.3) is 5.91 Å². The first-order valence-electron chi connectivity index (χ1n) is 9.93. The van der Waals surface area contributed by atoms with E-state index in [0.717, 1.165) is 52.6 Å². The molecule has 0 fully saturated rings. The lowest BCUT2D eigenvalue weighted by atomic mass is 9.95. The van der Waals surface area contributed by atoms with Crippen molar-refractivity contribution in [2.45, 2.75) is 32.6 Å². The van der Waals surface area contributed by atoms with Crippen molar-refractivity contribution < 1.29 is 14.3 Å². The molecule has 7 heteroatoms. The fourth-order valence-electron chi connectivity index (χ4n) is 3.76. The zero-order valence-corrected chi connectivity index (χ0v) is 17.4. The summed E-state index contributed by atoms with van der Waals surface area (Å²) in [4.78, 5) is 29.7. The van der Waals surface area contributed by atoms with E-state index in [9.17, 15) is 14.9 Å². The van der Waals surface area contributed by atoms with E-state index in [2.05, 4.69) is 10.3 Å². The molecule has 2 aromatic heterocycles. The molecule has 2 N–H and O–H groups in total. The molecule has 3 aromatic rings. The summed E-state index contributed by atoms with van der Waals surface area (Å²) in [7, 11) is 0. The van der Waals surface area contributed by atoms with Gasteiger partial charge in [0.15, 0.2) is 0 Å². The van der Waals surface area contributed by atoms with Crippen LogP contribution in [0.5, 0.6) is 0 Å². The molecule has 0 atom stereocenters. The molecule has 0 spiro atoms. The van der Waals surface area contributed by atoms with Crippen molar-refractivity contribution >= 4 is 45.2 Å². The summed E-state index contributed by atoms with van der Waals surface area (Å²) in [6.45, 7) is 2.02. The number of carbonyl (C=O) groups excluding carboxylic acids is 2. The largest absolute Gasteiger partial charge is 0.462 e. The number of hydrogen-bond donors (Lipinski definition) is 2. The quantitative estimate of drug-likeness (QED) is 0.352. The summed E-state index contributed by atoms with van der Waals surface area (Å²) in [5.74, 6) is -0.960. The van der Waals surface area contributed by atoms with Crippen LogP contribution in [0.3, 0.4) is 0 Å². The van der Waals surface area contributed by atoms with Gasteiger partial charge in [-0.15, -0.1) is 11.3 Å². The molecule has 0 saturated carbocycles. The number of fused-ring (bicyclic) bond motifs is 2. The Morgan fingerprint density at radius 1 is 1.30 bits per heavy atom. The number of rotatable bonds is 5. The number of esters is 1. The molecule has 1 aromatic carbocycles. The highest BCUT2D eigenvalue weighted by Crippen LogP contribution is 2.38. The number of H-pyrrole nitrogens is 1. The van der Waals surface area contributed by atoms with Crippen LogP contribution in [-0.2, 0) is 22.4 Å². The monoisotopic (exact) mass is 419 g/mol. The first-order chi connectivity index (χ1) is 14.6. The predicted octanol–water partition coefficient (Wildman–Crippen LogP) is 4.83. The number of benzene rings is 1. The van der Waals surface area contributed by atoms with Gasteiger partial charge in [-0.3, -0.25) is 4.79 Å². The summed E-state index contributed by atoms with van der Waals surface area (Å²) < 4.78 is 5.23. The van der Waals surface area contributed by atoms with E-state index in [4.69, 9.17) is 4.74 Å². The van der Waals surface area contributed by atoms with Gasteiger partial charge in [-0.2, -0.15) is 5.26 Å². The Morgan fingerprint density at radius 2 is 2.10 bits per heavy atom. The van der Waals surface area contributed by atoms with Gasteiger partial charge < -0.3 is 15.0 Å². The molecule has 6 nitrogen and oxygen atoms in total. The number of amides is 1. The molecule has 0 saturated heterocycles. The third kappa shape index (κ3) is 3.74. The van der Waals surface area contributed by atoms with E-state index in [1.807, 2.05) is 30.3 Å². The van der Waals surface area contributed by atoms with Gasteiger partial charge in [0.1, 0.15) is 16.6 Å². The number of nitrogens with one attached hydrogen (secondary N) is 2. The Bertz CT molecular complexity index is 1200. The molecule has 152 valence electrons. The van der Waals surface area contributed by atoms with E-state index in [1.54, 1.807) is 19.2 Å². The molecule has 1 aliphatic carbocycles. The first kappa shape index (κ1) is 19.9. The Kier molecular flexibility index (Phi) is 5.68. The van der Waals surface area contributed by atoms with Crippen molar-refractivity contribution in [3.63, 3.8) is 0 Å². The lowest BCUT2D eigenvalue weighted by molar-refractivity contribution is -0.112. The maximum atomic E-state index is 12.9. The third-order valence-corrected chi connectivity index (χ3v) is 6.37. The third-order valence-electron chi connectivity index (χ3n) is 5.16. The van der Waals surface area contributed by atoms with Gasteiger partial charge in [0, 0.05) is 27.5 Å². The summed E-state index contributed by atoms with van der Waals surface area (Å²) in [5, 5.41) is 13.8. The predicted molar refractivity (Wildman–Crippen MR) is 117 cm³/mol. The Balaban J connectivity index is 1.66. The summed E-state index contributed by atoms with van der Waals surface area (Å²) in [6, 6.07) is 9.66. The number of thiophene rings is 1. The molecular formula is C23H21N3O3S. The molecule has 1 amide bonds. The summed E-state index contributed by atoms with van der Waals surface area (Å²) in [6.07, 6.45) is 7.08. The maximum absolute atomic E-state index is 12.9. The van der Waals surface area contributed by atoms with Gasteiger partial charge >= 0.3 is 5.97 Å². The molecule has 30 heavy (non-hydrogen) atoms. The SMILES string of the molecule is CCOC(=O)c1c(NC(=O)C(C#N)=Cc2c[nH]c3ccccc23)sc2c1CCCC2. The van der Waals surface area contributed by atoms with E-state index in [1.165, 1.54) is 11.3 Å². The van der Waals surface area contributed by atoms with Gasteiger partial charge in [-0.1, -0.05) is 18.2 Å². The minimum atomic E-state index is -0.535. The molecule has 0 aliphatic heterocycles. The molecule has 0 unspecified atom stereocenters. The second-order valence-electron chi connectivity index (χ2n) is 7.05. The number of aryl methyl sites for hydroxylation is 1. The van der Waals surface area contributed by atoms with Crippen LogP contribution in [0.15, 0.2) is 36.0 Å². The average Bonchev–Trinajstić information content (AvgIpc) is 3.33. The van der Waals surface area contributed by atoms with Gasteiger partial charge in [0.2, 0.25) is 0 Å². The number of carbonyl (C=O) groups is 2. The molecule has 4 rings (SSSR count). The zero-order valence-electron chi connectivity index (χ0n) is 16.6. The Labute approximate surface area is 178 Å². The number of nitriles is 1. The number of hydrogen-bond acceptors (Lipinski definition) is 5. The second-order valence-corrected chi connectivity index (χ2v) is 8.15. The normalized spacial score (nSPS) is 13.5. The Morgan fingerprint density at radius 3 is 2.90 bits per heavy atom. The van der Waals surface area contributed by atoms with Gasteiger partial charge in [-0.05, 0) is 50.3 Å². The number of ether oxygens (including phenoxy) is 1. The average molecular weight is 420 g/mol. The molecule has 2 heterocycles. The molecule has 0 bridgehead atoms. The first-order valence-corrected chi connectivity index (χ1v) is 10.7. The number of aromatic nitrogens is 1. The van der Waals surface area contributed by atoms with E-state index in [0.29, 0.717) is 10.6 Å². The van der Waals surface area contributed by atoms with Crippen LogP contribution >= 0.6 is 11.3 Å². The zero-order chi connectivity index (χ0) is 21.1. The standard InChI is InChI=1S/C23H21N3O3S/c1-2-29-23(28)20-17-8-4-6-10-19(17)30-22(20)26-21(27)14(12-24)11-15-13-25-18-9-5-3-7-16(15)18/h3,5,7,9,11,13,25H,2,4,6,8,10H2,1H3,(H,26,27). The lowest BCUT2D eigenvalue weighted by Gasteiger charge is -2.12. The highest BCUT2D eigenvalue weighted by Gasteiger charge is 2.27. The van der Waals surface area contributed by atoms with Crippen LogP contribution in [0, 0.1) is 11.3 Å². The fraction of sp³-hybridized carbons (Fsp3) is 0.261. The summed E-state index contributed by atoms with van der Waals surface area (Å²) in [5.41, 5.74) is 3.07. The number of nitrogens with zero attached hydrogens (tertiary/aromatic N) is 1.